The lowest BCUT2D eigenvalue weighted by molar-refractivity contribution is 0.0990. The van der Waals surface area contributed by atoms with Crippen LogP contribution in [0, 0.1) is 0 Å². The predicted molar refractivity (Wildman–Crippen MR) is 77.4 cm³/mol. The van der Waals surface area contributed by atoms with E-state index in [0.717, 1.165) is 11.1 Å². The zero-order valence-corrected chi connectivity index (χ0v) is 10.8. The average molecular weight is 263 g/mol. The van der Waals surface area contributed by atoms with Crippen molar-refractivity contribution in [2.24, 2.45) is 5.73 Å². The summed E-state index contributed by atoms with van der Waals surface area (Å²) in [5.41, 5.74) is 8.59. The van der Waals surface area contributed by atoms with Gasteiger partial charge in [0.15, 0.2) is 11.6 Å². The number of hydrogen-bond acceptors (Lipinski definition) is 3. The summed E-state index contributed by atoms with van der Waals surface area (Å²) in [6, 6.07) is 14.4. The molecular weight excluding hydrogens is 250 g/mol. The van der Waals surface area contributed by atoms with Crippen LogP contribution in [0.4, 0.5) is 0 Å². The first kappa shape index (κ1) is 12.5. The summed E-state index contributed by atoms with van der Waals surface area (Å²) in [5, 5.41) is 0. The van der Waals surface area contributed by atoms with Gasteiger partial charge in [-0.2, -0.15) is 0 Å². The summed E-state index contributed by atoms with van der Waals surface area (Å²) < 4.78 is 0. The number of nitrogens with two attached hydrogens (primary N) is 1. The molecule has 1 aliphatic rings. The maximum atomic E-state index is 12.2. The molecule has 0 radical (unpaired) electrons. The minimum Gasteiger partial charge on any atom is -0.326 e. The molecule has 0 bridgehead atoms. The molecule has 3 heteroatoms. The van der Waals surface area contributed by atoms with E-state index >= 15 is 0 Å². The van der Waals surface area contributed by atoms with E-state index in [0.29, 0.717) is 17.7 Å². The van der Waals surface area contributed by atoms with Gasteiger partial charge >= 0.3 is 0 Å². The standard InChI is InChI=1S/C17H13NO2/c18-10-12-7-5-11(6-8-12)9-15-16(19)13-3-1-2-4-14(13)17(15)20/h1-9H,10,18H2. The van der Waals surface area contributed by atoms with E-state index in [1.165, 1.54) is 0 Å². The van der Waals surface area contributed by atoms with E-state index in [9.17, 15) is 9.59 Å². The molecule has 2 aromatic rings. The molecule has 0 unspecified atom stereocenters. The van der Waals surface area contributed by atoms with Gasteiger partial charge in [-0.05, 0) is 17.2 Å². The monoisotopic (exact) mass is 263 g/mol. The number of fused-ring (bicyclic) bond motifs is 1. The second-order valence-corrected chi connectivity index (χ2v) is 4.71. The summed E-state index contributed by atoms with van der Waals surface area (Å²) in [7, 11) is 0. The molecule has 3 nitrogen and oxygen atoms in total. The lowest BCUT2D eigenvalue weighted by atomic mass is 10.1. The Bertz CT molecular complexity index is 690. The first-order chi connectivity index (χ1) is 9.70. The molecule has 0 saturated heterocycles. The second-order valence-electron chi connectivity index (χ2n) is 4.71. The molecule has 0 aromatic heterocycles. The third kappa shape index (κ3) is 1.98. The van der Waals surface area contributed by atoms with Crippen molar-refractivity contribution in [3.8, 4) is 0 Å². The highest BCUT2D eigenvalue weighted by Gasteiger charge is 2.32. The van der Waals surface area contributed by atoms with Crippen molar-refractivity contribution in [2.45, 2.75) is 6.54 Å². The Morgan fingerprint density at radius 3 is 1.90 bits per heavy atom. The molecule has 3 rings (SSSR count). The summed E-state index contributed by atoms with van der Waals surface area (Å²) in [6.07, 6.45) is 1.64. The van der Waals surface area contributed by atoms with Crippen LogP contribution in [0.5, 0.6) is 0 Å². The van der Waals surface area contributed by atoms with Gasteiger partial charge in [-0.25, -0.2) is 0 Å². The predicted octanol–water partition coefficient (Wildman–Crippen LogP) is 2.61. The molecule has 98 valence electrons. The van der Waals surface area contributed by atoms with Crippen molar-refractivity contribution in [2.75, 3.05) is 0 Å². The van der Waals surface area contributed by atoms with E-state index < -0.39 is 0 Å². The molecule has 0 heterocycles. The smallest absolute Gasteiger partial charge is 0.197 e. The van der Waals surface area contributed by atoms with Crippen molar-refractivity contribution in [3.63, 3.8) is 0 Å². The number of benzene rings is 2. The van der Waals surface area contributed by atoms with Gasteiger partial charge in [0.1, 0.15) is 0 Å². The first-order valence-electron chi connectivity index (χ1n) is 6.40. The maximum Gasteiger partial charge on any atom is 0.197 e. The van der Waals surface area contributed by atoms with Crippen LogP contribution in [0.1, 0.15) is 31.8 Å². The number of ketones is 2. The van der Waals surface area contributed by atoms with Crippen LogP contribution in [-0.4, -0.2) is 11.6 Å². The van der Waals surface area contributed by atoms with Gasteiger partial charge in [0.25, 0.3) is 0 Å². The van der Waals surface area contributed by atoms with E-state index in [1.807, 2.05) is 24.3 Å². The molecule has 20 heavy (non-hydrogen) atoms. The maximum absolute atomic E-state index is 12.2. The van der Waals surface area contributed by atoms with E-state index in [4.69, 9.17) is 5.73 Å². The number of carbonyl (C=O) groups is 2. The lowest BCUT2D eigenvalue weighted by Crippen LogP contribution is -2.00. The zero-order valence-electron chi connectivity index (χ0n) is 10.8. The summed E-state index contributed by atoms with van der Waals surface area (Å²) in [4.78, 5) is 24.5. The highest BCUT2D eigenvalue weighted by atomic mass is 16.2. The molecule has 1 aliphatic carbocycles. The zero-order chi connectivity index (χ0) is 14.1. The minimum atomic E-state index is -0.200. The van der Waals surface area contributed by atoms with Gasteiger partial charge in [-0.1, -0.05) is 48.5 Å². The fourth-order valence-electron chi connectivity index (χ4n) is 2.32. The summed E-state index contributed by atoms with van der Waals surface area (Å²) >= 11 is 0. The van der Waals surface area contributed by atoms with Gasteiger partial charge in [0.05, 0.1) is 5.57 Å². The van der Waals surface area contributed by atoms with E-state index in [-0.39, 0.29) is 17.1 Å². The van der Waals surface area contributed by atoms with Gasteiger partial charge in [-0.3, -0.25) is 9.59 Å². The van der Waals surface area contributed by atoms with E-state index in [1.54, 1.807) is 30.3 Å². The van der Waals surface area contributed by atoms with Crippen molar-refractivity contribution in [3.05, 3.63) is 76.4 Å². The van der Waals surface area contributed by atoms with Crippen LogP contribution in [0.2, 0.25) is 0 Å². The van der Waals surface area contributed by atoms with Crippen LogP contribution in [0.15, 0.2) is 54.1 Å². The van der Waals surface area contributed by atoms with Crippen molar-refractivity contribution in [1.82, 2.24) is 0 Å². The number of rotatable bonds is 2. The highest BCUT2D eigenvalue weighted by molar-refractivity contribution is 6.41. The number of hydrogen-bond donors (Lipinski definition) is 1. The van der Waals surface area contributed by atoms with Gasteiger partial charge in [0, 0.05) is 17.7 Å². The van der Waals surface area contributed by atoms with Crippen LogP contribution >= 0.6 is 0 Å². The third-order valence-corrected chi connectivity index (χ3v) is 3.43. The summed E-state index contributed by atoms with van der Waals surface area (Å²) in [5.74, 6) is -0.401. The third-order valence-electron chi connectivity index (χ3n) is 3.43. The molecule has 0 spiro atoms. The van der Waals surface area contributed by atoms with Gasteiger partial charge in [0.2, 0.25) is 0 Å². The fraction of sp³-hybridized carbons (Fsp3) is 0.0588. The average Bonchev–Trinajstić information content (AvgIpc) is 2.74. The largest absolute Gasteiger partial charge is 0.326 e. The topological polar surface area (TPSA) is 60.2 Å². The SMILES string of the molecule is NCc1ccc(C=C2C(=O)c3ccccc3C2=O)cc1. The Morgan fingerprint density at radius 2 is 1.40 bits per heavy atom. The van der Waals surface area contributed by atoms with Crippen LogP contribution in [0.3, 0.4) is 0 Å². The van der Waals surface area contributed by atoms with Crippen LogP contribution in [-0.2, 0) is 6.54 Å². The number of allylic oxidation sites excluding steroid dienone is 1. The van der Waals surface area contributed by atoms with Crippen LogP contribution in [0.25, 0.3) is 6.08 Å². The minimum absolute atomic E-state index is 0.200. The molecular formula is C17H13NO2. The normalized spacial score (nSPS) is 13.6. The molecule has 0 fully saturated rings. The first-order valence-corrected chi connectivity index (χ1v) is 6.40. The second kappa shape index (κ2) is 4.87. The van der Waals surface area contributed by atoms with Crippen molar-refractivity contribution >= 4 is 17.6 Å². The fourth-order valence-corrected chi connectivity index (χ4v) is 2.32. The van der Waals surface area contributed by atoms with Crippen LogP contribution < -0.4 is 5.73 Å². The Hall–Kier alpha value is -2.52. The van der Waals surface area contributed by atoms with E-state index in [2.05, 4.69) is 0 Å². The molecule has 0 atom stereocenters. The number of carbonyl (C=O) groups excluding carboxylic acids is 2. The molecule has 0 amide bonds. The van der Waals surface area contributed by atoms with Gasteiger partial charge < -0.3 is 5.73 Å². The Labute approximate surface area is 116 Å². The molecule has 2 aromatic carbocycles. The molecule has 0 aliphatic heterocycles. The Morgan fingerprint density at radius 1 is 0.850 bits per heavy atom. The molecule has 2 N–H and O–H groups in total. The van der Waals surface area contributed by atoms with Gasteiger partial charge in [-0.15, -0.1) is 0 Å². The summed E-state index contributed by atoms with van der Waals surface area (Å²) in [6.45, 7) is 0.472. The quantitative estimate of drug-likeness (QED) is 0.669. The Balaban J connectivity index is 2.01. The Kier molecular flexibility index (Phi) is 3.05. The lowest BCUT2D eigenvalue weighted by Gasteiger charge is -1.99. The number of Topliss-reactive ketones (excluding diaryl/α,β-unsaturated/α-hetero) is 2. The van der Waals surface area contributed by atoms with Crippen molar-refractivity contribution in [1.29, 1.82) is 0 Å². The molecule has 0 saturated carbocycles. The van der Waals surface area contributed by atoms with Crippen molar-refractivity contribution < 1.29 is 9.59 Å². The highest BCUT2D eigenvalue weighted by Crippen LogP contribution is 2.27.